The molecule has 1 N–H and O–H groups in total. The largest absolute Gasteiger partial charge is 0.493 e. The lowest BCUT2D eigenvalue weighted by molar-refractivity contribution is 0.0779. The molecule has 5 aromatic rings. The number of imidazole rings is 1. The van der Waals surface area contributed by atoms with Crippen molar-refractivity contribution in [3.63, 3.8) is 0 Å². The van der Waals surface area contributed by atoms with Crippen LogP contribution in [0.1, 0.15) is 47.3 Å². The number of hydrogen-bond acceptors (Lipinski definition) is 8. The normalized spacial score (nSPS) is 18.2. The third kappa shape index (κ3) is 7.21. The monoisotopic (exact) mass is 692 g/mol. The Morgan fingerprint density at radius 2 is 1.65 bits per heavy atom. The van der Waals surface area contributed by atoms with Crippen LogP contribution in [-0.2, 0) is 12.0 Å². The zero-order valence-electron chi connectivity index (χ0n) is 29.5. The Labute approximate surface area is 298 Å². The summed E-state index contributed by atoms with van der Waals surface area (Å²) in [6.45, 7) is 4.57. The van der Waals surface area contributed by atoms with Crippen molar-refractivity contribution in [2.75, 3.05) is 59.4 Å². The molecule has 1 amide bonds. The van der Waals surface area contributed by atoms with Crippen molar-refractivity contribution in [1.29, 1.82) is 0 Å². The van der Waals surface area contributed by atoms with Gasteiger partial charge in [-0.15, -0.1) is 0 Å². The molecule has 0 saturated carbocycles. The van der Waals surface area contributed by atoms with E-state index in [0.717, 1.165) is 73.6 Å². The number of rotatable bonds is 12. The lowest BCUT2D eigenvalue weighted by Gasteiger charge is -2.36. The van der Waals surface area contributed by atoms with Crippen LogP contribution in [0.5, 0.6) is 17.2 Å². The maximum Gasteiger partial charge on any atom is 0.254 e. The number of aromatic nitrogens is 3. The topological polar surface area (TPSA) is 94.0 Å². The first-order valence-electron chi connectivity index (χ1n) is 17.6. The number of piperidine rings is 1. The molecular formula is C40H45FN6O4. The second-order valence-corrected chi connectivity index (χ2v) is 13.5. The molecule has 2 saturated heterocycles. The zero-order valence-corrected chi connectivity index (χ0v) is 29.5. The number of amides is 1. The van der Waals surface area contributed by atoms with Gasteiger partial charge in [-0.05, 0) is 86.3 Å². The molecular weight excluding hydrogens is 647 g/mol. The summed E-state index contributed by atoms with van der Waals surface area (Å²) < 4.78 is 32.8. The molecule has 51 heavy (non-hydrogen) atoms. The van der Waals surface area contributed by atoms with Crippen molar-refractivity contribution in [1.82, 2.24) is 24.3 Å². The van der Waals surface area contributed by atoms with Crippen molar-refractivity contribution in [2.24, 2.45) is 0 Å². The van der Waals surface area contributed by atoms with E-state index in [-0.39, 0.29) is 17.1 Å². The lowest BCUT2D eigenvalue weighted by atomic mass is 9.76. The standard InChI is InChI=1S/C40H45FN6O4/c1-49-35-24-28(25-36(50-2)37(35)51-3)38(48)46-23-18-40(27-46,29-11-13-30(41)14-12-29)17-22-45-20-15-31(16-21-45)43-39-44-33-9-4-5-10-34(33)47(39)26-32-8-6-7-19-42-32/h4-14,19,24-25,31H,15-18,20-23,26-27H2,1-3H3,(H,43,44). The molecule has 4 heterocycles. The number of anilines is 1. The van der Waals surface area contributed by atoms with Gasteiger partial charge in [0, 0.05) is 49.4 Å². The van der Waals surface area contributed by atoms with E-state index in [9.17, 15) is 9.18 Å². The first kappa shape index (κ1) is 34.3. The van der Waals surface area contributed by atoms with E-state index >= 15 is 0 Å². The summed E-state index contributed by atoms with van der Waals surface area (Å²) in [5.74, 6) is 1.83. The number of carbonyl (C=O) groups is 1. The fraction of sp³-hybridized carbons (Fsp3) is 0.375. The molecule has 0 aliphatic carbocycles. The van der Waals surface area contributed by atoms with Gasteiger partial charge in [-0.1, -0.05) is 30.3 Å². The predicted octanol–water partition coefficient (Wildman–Crippen LogP) is 6.40. The number of methoxy groups -OCH3 is 3. The second kappa shape index (κ2) is 15.0. The first-order chi connectivity index (χ1) is 24.9. The SMILES string of the molecule is COc1cc(C(=O)N2CCC(CCN3CCC(Nc4nc5ccccc5n4Cc4ccccn4)CC3)(c3ccc(F)cc3)C2)cc(OC)c1OC. The average molecular weight is 693 g/mol. The average Bonchev–Trinajstić information content (AvgIpc) is 3.76. The van der Waals surface area contributed by atoms with Crippen molar-refractivity contribution in [3.8, 4) is 17.2 Å². The second-order valence-electron chi connectivity index (χ2n) is 13.5. The third-order valence-electron chi connectivity index (χ3n) is 10.5. The minimum absolute atomic E-state index is 0.0980. The fourth-order valence-electron chi connectivity index (χ4n) is 7.68. The summed E-state index contributed by atoms with van der Waals surface area (Å²) in [5, 5.41) is 3.76. The molecule has 2 aliphatic heterocycles. The van der Waals surface area contributed by atoms with Gasteiger partial charge in [0.15, 0.2) is 11.5 Å². The number of nitrogens with zero attached hydrogens (tertiary/aromatic N) is 5. The Morgan fingerprint density at radius 1 is 0.922 bits per heavy atom. The van der Waals surface area contributed by atoms with Gasteiger partial charge in [0.05, 0.1) is 44.6 Å². The van der Waals surface area contributed by atoms with Gasteiger partial charge in [-0.25, -0.2) is 9.37 Å². The number of fused-ring (bicyclic) bond motifs is 1. The Bertz CT molecular complexity index is 1940. The first-order valence-corrected chi connectivity index (χ1v) is 17.6. The van der Waals surface area contributed by atoms with Crippen LogP contribution in [0.3, 0.4) is 0 Å². The Morgan fingerprint density at radius 3 is 2.33 bits per heavy atom. The van der Waals surface area contributed by atoms with Crippen LogP contribution in [0.15, 0.2) is 85.1 Å². The van der Waals surface area contributed by atoms with E-state index in [1.54, 1.807) is 33.5 Å². The van der Waals surface area contributed by atoms with Gasteiger partial charge in [-0.3, -0.25) is 9.78 Å². The fourth-order valence-corrected chi connectivity index (χ4v) is 7.68. The van der Waals surface area contributed by atoms with Gasteiger partial charge in [0.25, 0.3) is 5.91 Å². The van der Waals surface area contributed by atoms with Gasteiger partial charge in [0.1, 0.15) is 5.82 Å². The van der Waals surface area contributed by atoms with Gasteiger partial charge < -0.3 is 33.9 Å². The van der Waals surface area contributed by atoms with Gasteiger partial charge in [0.2, 0.25) is 11.7 Å². The van der Waals surface area contributed by atoms with E-state index in [4.69, 9.17) is 19.2 Å². The molecule has 0 spiro atoms. The van der Waals surface area contributed by atoms with Crippen LogP contribution in [0.25, 0.3) is 11.0 Å². The number of hydrogen-bond donors (Lipinski definition) is 1. The summed E-state index contributed by atoms with van der Waals surface area (Å²) in [7, 11) is 4.63. The smallest absolute Gasteiger partial charge is 0.254 e. The molecule has 3 aromatic carbocycles. The van der Waals surface area contributed by atoms with Crippen LogP contribution in [-0.4, -0.2) is 90.3 Å². The molecule has 1 unspecified atom stereocenters. The van der Waals surface area contributed by atoms with Crippen LogP contribution >= 0.6 is 0 Å². The van der Waals surface area contributed by atoms with E-state index in [1.807, 2.05) is 53.6 Å². The number of para-hydroxylation sites is 2. The number of benzene rings is 3. The minimum Gasteiger partial charge on any atom is -0.493 e. The van der Waals surface area contributed by atoms with Crippen molar-refractivity contribution >= 4 is 22.9 Å². The maximum absolute atomic E-state index is 14.1. The molecule has 10 nitrogen and oxygen atoms in total. The molecule has 2 aliphatic rings. The van der Waals surface area contributed by atoms with E-state index in [1.165, 1.54) is 12.1 Å². The summed E-state index contributed by atoms with van der Waals surface area (Å²) >= 11 is 0. The highest BCUT2D eigenvalue weighted by molar-refractivity contribution is 5.96. The molecule has 2 aromatic heterocycles. The zero-order chi connectivity index (χ0) is 35.4. The number of ether oxygens (including phenoxy) is 3. The van der Waals surface area contributed by atoms with E-state index in [2.05, 4.69) is 31.9 Å². The summed E-state index contributed by atoms with van der Waals surface area (Å²) in [6, 6.07) is 24.7. The van der Waals surface area contributed by atoms with Crippen LogP contribution < -0.4 is 19.5 Å². The summed E-state index contributed by atoms with van der Waals surface area (Å²) in [4.78, 5) is 27.9. The summed E-state index contributed by atoms with van der Waals surface area (Å²) in [6.07, 6.45) is 5.45. The van der Waals surface area contributed by atoms with Crippen molar-refractivity contribution in [3.05, 3.63) is 108 Å². The number of likely N-dealkylation sites (tertiary alicyclic amines) is 2. The number of halogens is 1. The van der Waals surface area contributed by atoms with Crippen molar-refractivity contribution < 1.29 is 23.4 Å². The Kier molecular flexibility index (Phi) is 10.1. The van der Waals surface area contributed by atoms with Gasteiger partial charge in [-0.2, -0.15) is 0 Å². The molecule has 266 valence electrons. The Hall–Kier alpha value is -5.16. The number of carbonyl (C=O) groups excluding carboxylic acids is 1. The molecule has 11 heteroatoms. The quantitative estimate of drug-likeness (QED) is 0.161. The molecule has 2 fully saturated rings. The minimum atomic E-state index is -0.296. The van der Waals surface area contributed by atoms with Crippen molar-refractivity contribution in [2.45, 2.75) is 43.7 Å². The van der Waals surface area contributed by atoms with Gasteiger partial charge >= 0.3 is 0 Å². The van der Waals surface area contributed by atoms with Crippen LogP contribution in [0.4, 0.5) is 10.3 Å². The highest BCUT2D eigenvalue weighted by atomic mass is 19.1. The molecule has 0 radical (unpaired) electrons. The van der Waals surface area contributed by atoms with E-state index in [0.29, 0.717) is 48.5 Å². The highest BCUT2D eigenvalue weighted by Crippen LogP contribution is 2.42. The maximum atomic E-state index is 14.1. The third-order valence-corrected chi connectivity index (χ3v) is 10.5. The van der Waals surface area contributed by atoms with E-state index < -0.39 is 0 Å². The molecule has 1 atom stereocenters. The van der Waals surface area contributed by atoms with Crippen LogP contribution in [0, 0.1) is 5.82 Å². The number of pyridine rings is 1. The Balaban J connectivity index is 1.02. The predicted molar refractivity (Wildman–Crippen MR) is 195 cm³/mol. The van der Waals surface area contributed by atoms with Crippen LogP contribution in [0.2, 0.25) is 0 Å². The highest BCUT2D eigenvalue weighted by Gasteiger charge is 2.42. The number of nitrogens with one attached hydrogen (secondary N) is 1. The molecule has 0 bridgehead atoms. The molecule has 7 rings (SSSR count). The lowest BCUT2D eigenvalue weighted by Crippen LogP contribution is -2.42. The summed E-state index contributed by atoms with van der Waals surface area (Å²) in [5.41, 5.74) is 4.28.